The molecule has 0 bridgehead atoms. The fourth-order valence-corrected chi connectivity index (χ4v) is 2.49. The molecular formula is C14H19NO2. The fraction of sp³-hybridized carbons (Fsp3) is 0.500. The van der Waals surface area contributed by atoms with Crippen molar-refractivity contribution in [1.29, 1.82) is 0 Å². The molecule has 2 rings (SSSR count). The molecule has 1 aliphatic rings. The van der Waals surface area contributed by atoms with Crippen LogP contribution in [0.25, 0.3) is 0 Å². The van der Waals surface area contributed by atoms with Gasteiger partial charge in [-0.3, -0.25) is 4.79 Å². The van der Waals surface area contributed by atoms with Crippen LogP contribution in [0.3, 0.4) is 0 Å². The van der Waals surface area contributed by atoms with Crippen LogP contribution in [0, 0.1) is 5.92 Å². The predicted molar refractivity (Wildman–Crippen MR) is 67.6 cm³/mol. The molecule has 3 heteroatoms. The van der Waals surface area contributed by atoms with Crippen molar-refractivity contribution in [3.05, 3.63) is 29.3 Å². The minimum Gasteiger partial charge on any atom is -0.466 e. The Morgan fingerprint density at radius 2 is 2.18 bits per heavy atom. The quantitative estimate of drug-likeness (QED) is 0.641. The average molecular weight is 233 g/mol. The Hall–Kier alpha value is -1.51. The van der Waals surface area contributed by atoms with E-state index in [-0.39, 0.29) is 5.97 Å². The highest BCUT2D eigenvalue weighted by molar-refractivity contribution is 5.69. The number of esters is 1. The normalized spacial score (nSPS) is 17.8. The molecule has 1 aromatic carbocycles. The lowest BCUT2D eigenvalue weighted by Gasteiger charge is -2.07. The standard InChI is InChI=1S/C14H19NO2/c1-2-17-14(16)6-3-10-7-11-4-5-13(15)9-12(11)8-10/h4-5,9-10H,2-3,6-8,15H2,1H3. The summed E-state index contributed by atoms with van der Waals surface area (Å²) in [6.07, 6.45) is 3.55. The van der Waals surface area contributed by atoms with Crippen LogP contribution in [0.4, 0.5) is 5.69 Å². The maximum absolute atomic E-state index is 11.3. The van der Waals surface area contributed by atoms with Crippen molar-refractivity contribution >= 4 is 11.7 Å². The van der Waals surface area contributed by atoms with Crippen LogP contribution < -0.4 is 5.73 Å². The van der Waals surface area contributed by atoms with E-state index >= 15 is 0 Å². The smallest absolute Gasteiger partial charge is 0.305 e. The zero-order chi connectivity index (χ0) is 12.3. The summed E-state index contributed by atoms with van der Waals surface area (Å²) < 4.78 is 4.94. The lowest BCUT2D eigenvalue weighted by atomic mass is 10.0. The number of nitrogens with two attached hydrogens (primary N) is 1. The second-order valence-corrected chi connectivity index (χ2v) is 4.65. The van der Waals surface area contributed by atoms with Crippen molar-refractivity contribution in [3.63, 3.8) is 0 Å². The molecule has 0 heterocycles. The van der Waals surface area contributed by atoms with E-state index in [1.165, 1.54) is 11.1 Å². The number of ether oxygens (including phenoxy) is 1. The first-order valence-electron chi connectivity index (χ1n) is 6.22. The van der Waals surface area contributed by atoms with Crippen LogP contribution in [0.5, 0.6) is 0 Å². The van der Waals surface area contributed by atoms with Crippen LogP contribution in [0.2, 0.25) is 0 Å². The summed E-state index contributed by atoms with van der Waals surface area (Å²) in [5, 5.41) is 0. The van der Waals surface area contributed by atoms with Crippen molar-refractivity contribution in [1.82, 2.24) is 0 Å². The molecule has 17 heavy (non-hydrogen) atoms. The molecular weight excluding hydrogens is 214 g/mol. The molecule has 0 amide bonds. The van der Waals surface area contributed by atoms with E-state index in [9.17, 15) is 4.79 Å². The lowest BCUT2D eigenvalue weighted by molar-refractivity contribution is -0.143. The van der Waals surface area contributed by atoms with Gasteiger partial charge in [-0.2, -0.15) is 0 Å². The van der Waals surface area contributed by atoms with E-state index in [0.717, 1.165) is 24.9 Å². The number of rotatable bonds is 4. The van der Waals surface area contributed by atoms with Gasteiger partial charge < -0.3 is 10.5 Å². The van der Waals surface area contributed by atoms with Gasteiger partial charge in [0, 0.05) is 12.1 Å². The lowest BCUT2D eigenvalue weighted by Crippen LogP contribution is -2.08. The Bertz CT molecular complexity index is 415. The molecule has 92 valence electrons. The van der Waals surface area contributed by atoms with Gasteiger partial charge in [0.1, 0.15) is 0 Å². The number of hydrogen-bond acceptors (Lipinski definition) is 3. The molecule has 0 aliphatic heterocycles. The number of hydrogen-bond donors (Lipinski definition) is 1. The SMILES string of the molecule is CCOC(=O)CCC1Cc2ccc(N)cc2C1. The molecule has 1 aromatic rings. The molecule has 0 radical (unpaired) electrons. The van der Waals surface area contributed by atoms with Crippen LogP contribution >= 0.6 is 0 Å². The van der Waals surface area contributed by atoms with E-state index in [0.29, 0.717) is 18.9 Å². The molecule has 0 aromatic heterocycles. The van der Waals surface area contributed by atoms with Gasteiger partial charge >= 0.3 is 5.97 Å². The van der Waals surface area contributed by atoms with Gasteiger partial charge in [0.25, 0.3) is 0 Å². The number of carbonyl (C=O) groups excluding carboxylic acids is 1. The second-order valence-electron chi connectivity index (χ2n) is 4.65. The van der Waals surface area contributed by atoms with Crippen molar-refractivity contribution in [3.8, 4) is 0 Å². The van der Waals surface area contributed by atoms with Crippen molar-refractivity contribution < 1.29 is 9.53 Å². The Morgan fingerprint density at radius 1 is 1.41 bits per heavy atom. The summed E-state index contributed by atoms with van der Waals surface area (Å²) in [6.45, 7) is 2.31. The van der Waals surface area contributed by atoms with Gasteiger partial charge in [-0.05, 0) is 55.4 Å². The topological polar surface area (TPSA) is 52.3 Å². The first-order valence-corrected chi connectivity index (χ1v) is 6.22. The number of anilines is 1. The first kappa shape index (κ1) is 12.0. The molecule has 1 atom stereocenters. The zero-order valence-electron chi connectivity index (χ0n) is 10.2. The molecule has 0 fully saturated rings. The van der Waals surface area contributed by atoms with Gasteiger partial charge in [0.15, 0.2) is 0 Å². The summed E-state index contributed by atoms with van der Waals surface area (Å²) in [4.78, 5) is 11.3. The van der Waals surface area contributed by atoms with Gasteiger partial charge in [0.2, 0.25) is 0 Å². The van der Waals surface area contributed by atoms with Crippen molar-refractivity contribution in [2.45, 2.75) is 32.6 Å². The van der Waals surface area contributed by atoms with Crippen molar-refractivity contribution in [2.75, 3.05) is 12.3 Å². The summed E-state index contributed by atoms with van der Waals surface area (Å²) in [5.74, 6) is 0.485. The van der Waals surface area contributed by atoms with Crippen molar-refractivity contribution in [2.24, 2.45) is 5.92 Å². The van der Waals surface area contributed by atoms with E-state index in [1.807, 2.05) is 13.0 Å². The van der Waals surface area contributed by atoms with Crippen LogP contribution in [-0.2, 0) is 22.4 Å². The highest BCUT2D eigenvalue weighted by Gasteiger charge is 2.22. The van der Waals surface area contributed by atoms with E-state index in [1.54, 1.807) is 0 Å². The van der Waals surface area contributed by atoms with Gasteiger partial charge in [0.05, 0.1) is 6.61 Å². The van der Waals surface area contributed by atoms with Crippen LogP contribution in [0.15, 0.2) is 18.2 Å². The molecule has 1 aliphatic carbocycles. The monoisotopic (exact) mass is 233 g/mol. The molecule has 3 nitrogen and oxygen atoms in total. The average Bonchev–Trinajstić information content (AvgIpc) is 2.68. The molecule has 0 saturated heterocycles. The third-order valence-electron chi connectivity index (χ3n) is 3.31. The molecule has 2 N–H and O–H groups in total. The predicted octanol–water partition coefficient (Wildman–Crippen LogP) is 2.33. The summed E-state index contributed by atoms with van der Waals surface area (Å²) >= 11 is 0. The van der Waals surface area contributed by atoms with Crippen LogP contribution in [0.1, 0.15) is 30.9 Å². The molecule has 1 unspecified atom stereocenters. The van der Waals surface area contributed by atoms with Gasteiger partial charge in [-0.15, -0.1) is 0 Å². The Labute approximate surface area is 102 Å². The maximum Gasteiger partial charge on any atom is 0.305 e. The third kappa shape index (κ3) is 2.99. The summed E-state index contributed by atoms with van der Waals surface area (Å²) in [6, 6.07) is 6.11. The molecule has 0 spiro atoms. The number of fused-ring (bicyclic) bond motifs is 1. The van der Waals surface area contributed by atoms with Crippen LogP contribution in [-0.4, -0.2) is 12.6 Å². The third-order valence-corrected chi connectivity index (χ3v) is 3.31. The molecule has 0 saturated carbocycles. The maximum atomic E-state index is 11.3. The van der Waals surface area contributed by atoms with E-state index < -0.39 is 0 Å². The number of benzene rings is 1. The Kier molecular flexibility index (Phi) is 3.67. The minimum atomic E-state index is -0.0806. The second kappa shape index (κ2) is 5.21. The Balaban J connectivity index is 1.86. The summed E-state index contributed by atoms with van der Waals surface area (Å²) in [5.41, 5.74) is 9.32. The zero-order valence-corrected chi connectivity index (χ0v) is 10.2. The first-order chi connectivity index (χ1) is 8.19. The van der Waals surface area contributed by atoms with Gasteiger partial charge in [-0.25, -0.2) is 0 Å². The Morgan fingerprint density at radius 3 is 2.94 bits per heavy atom. The fourth-order valence-electron chi connectivity index (χ4n) is 2.49. The van der Waals surface area contributed by atoms with Gasteiger partial charge in [-0.1, -0.05) is 6.07 Å². The minimum absolute atomic E-state index is 0.0806. The summed E-state index contributed by atoms with van der Waals surface area (Å²) in [7, 11) is 0. The van der Waals surface area contributed by atoms with E-state index in [2.05, 4.69) is 12.1 Å². The van der Waals surface area contributed by atoms with E-state index in [4.69, 9.17) is 10.5 Å². The number of carbonyl (C=O) groups is 1. The highest BCUT2D eigenvalue weighted by atomic mass is 16.5. The highest BCUT2D eigenvalue weighted by Crippen LogP contribution is 2.30. The number of nitrogen functional groups attached to an aromatic ring is 1. The largest absolute Gasteiger partial charge is 0.466 e.